The van der Waals surface area contributed by atoms with Gasteiger partial charge < -0.3 is 15.5 Å². The van der Waals surface area contributed by atoms with Gasteiger partial charge >= 0.3 is 0 Å². The average Bonchev–Trinajstić information content (AvgIpc) is 2.86. The van der Waals surface area contributed by atoms with E-state index in [1.807, 2.05) is 29.2 Å². The Bertz CT molecular complexity index is 753. The lowest BCUT2D eigenvalue weighted by Gasteiger charge is -2.20. The summed E-state index contributed by atoms with van der Waals surface area (Å²) in [6.07, 6.45) is 1.23. The van der Waals surface area contributed by atoms with Gasteiger partial charge in [-0.1, -0.05) is 22.7 Å². The summed E-state index contributed by atoms with van der Waals surface area (Å²) in [5.74, 6) is -0.160. The number of carbonyl (C=O) groups is 2. The molecule has 1 aliphatic heterocycles. The number of aryl methyl sites for hydroxylation is 1. The van der Waals surface area contributed by atoms with Crippen molar-refractivity contribution in [3.8, 4) is 0 Å². The van der Waals surface area contributed by atoms with E-state index in [-0.39, 0.29) is 18.2 Å². The lowest BCUT2D eigenvalue weighted by Crippen LogP contribution is -2.35. The Balaban J connectivity index is 1.71. The highest BCUT2D eigenvalue weighted by Gasteiger charge is 2.19. The second kappa shape index (κ2) is 8.17. The SMILES string of the molecule is Cc1nnsc1C(=O)Nc1ccccc1CC(=O)N1CCCNCC1. The normalized spacial score (nSPS) is 14.8. The first-order chi connectivity index (χ1) is 12.1. The van der Waals surface area contributed by atoms with Gasteiger partial charge in [-0.3, -0.25) is 9.59 Å². The van der Waals surface area contributed by atoms with Gasteiger partial charge in [-0.15, -0.1) is 5.10 Å². The Labute approximate surface area is 150 Å². The molecule has 0 atom stereocenters. The molecule has 2 heterocycles. The highest BCUT2D eigenvalue weighted by Crippen LogP contribution is 2.19. The molecule has 3 rings (SSSR count). The van der Waals surface area contributed by atoms with Crippen LogP contribution in [0.25, 0.3) is 0 Å². The smallest absolute Gasteiger partial charge is 0.269 e. The number of benzene rings is 1. The fourth-order valence-corrected chi connectivity index (χ4v) is 3.34. The molecule has 1 aromatic heterocycles. The highest BCUT2D eigenvalue weighted by molar-refractivity contribution is 7.08. The Hall–Kier alpha value is -2.32. The molecule has 0 unspecified atom stereocenters. The van der Waals surface area contributed by atoms with E-state index >= 15 is 0 Å². The third kappa shape index (κ3) is 4.40. The first kappa shape index (κ1) is 17.5. The van der Waals surface area contributed by atoms with E-state index < -0.39 is 0 Å². The summed E-state index contributed by atoms with van der Waals surface area (Å²) in [4.78, 5) is 27.4. The number of aromatic nitrogens is 2. The standard InChI is InChI=1S/C17H21N5O2S/c1-12-16(25-21-20-12)17(24)19-14-6-3-2-5-13(14)11-15(23)22-9-4-7-18-8-10-22/h2-3,5-6,18H,4,7-11H2,1H3,(H,19,24). The fraction of sp³-hybridized carbons (Fsp3) is 0.412. The molecule has 1 aromatic carbocycles. The molecular formula is C17H21N5O2S. The minimum atomic E-state index is -0.244. The van der Waals surface area contributed by atoms with Gasteiger partial charge in [0.25, 0.3) is 5.91 Å². The van der Waals surface area contributed by atoms with Crippen LogP contribution in [0.3, 0.4) is 0 Å². The van der Waals surface area contributed by atoms with Crippen LogP contribution in [0.4, 0.5) is 5.69 Å². The van der Waals surface area contributed by atoms with Crippen molar-refractivity contribution in [1.29, 1.82) is 0 Å². The maximum Gasteiger partial charge on any atom is 0.269 e. The monoisotopic (exact) mass is 359 g/mol. The van der Waals surface area contributed by atoms with Crippen LogP contribution in [-0.2, 0) is 11.2 Å². The van der Waals surface area contributed by atoms with Crippen molar-refractivity contribution in [3.63, 3.8) is 0 Å². The predicted molar refractivity (Wildman–Crippen MR) is 96.8 cm³/mol. The first-order valence-corrected chi connectivity index (χ1v) is 9.09. The van der Waals surface area contributed by atoms with E-state index in [0.717, 1.165) is 49.7 Å². The molecule has 0 spiro atoms. The summed E-state index contributed by atoms with van der Waals surface area (Å²) < 4.78 is 3.79. The van der Waals surface area contributed by atoms with E-state index in [0.29, 0.717) is 16.3 Å². The van der Waals surface area contributed by atoms with Crippen molar-refractivity contribution in [2.75, 3.05) is 31.5 Å². The van der Waals surface area contributed by atoms with Crippen LogP contribution >= 0.6 is 11.5 Å². The zero-order valence-electron chi connectivity index (χ0n) is 14.1. The van der Waals surface area contributed by atoms with Gasteiger partial charge in [-0.2, -0.15) is 0 Å². The molecule has 2 amide bonds. The van der Waals surface area contributed by atoms with Crippen LogP contribution in [0.15, 0.2) is 24.3 Å². The molecule has 25 heavy (non-hydrogen) atoms. The van der Waals surface area contributed by atoms with Gasteiger partial charge in [0.05, 0.1) is 12.1 Å². The minimum absolute atomic E-state index is 0.0843. The van der Waals surface area contributed by atoms with Crippen LogP contribution in [0, 0.1) is 6.92 Å². The zero-order chi connectivity index (χ0) is 17.6. The number of para-hydroxylation sites is 1. The summed E-state index contributed by atoms with van der Waals surface area (Å²) >= 11 is 1.07. The molecule has 1 aliphatic rings. The van der Waals surface area contributed by atoms with E-state index in [9.17, 15) is 9.59 Å². The van der Waals surface area contributed by atoms with Crippen molar-refractivity contribution >= 4 is 29.0 Å². The molecular weight excluding hydrogens is 338 g/mol. The molecule has 0 saturated carbocycles. The van der Waals surface area contributed by atoms with Crippen LogP contribution in [-0.4, -0.2) is 52.5 Å². The topological polar surface area (TPSA) is 87.2 Å². The molecule has 2 N–H and O–H groups in total. The molecule has 2 aromatic rings. The van der Waals surface area contributed by atoms with Gasteiger partial charge in [0.2, 0.25) is 5.91 Å². The summed E-state index contributed by atoms with van der Waals surface area (Å²) in [5, 5.41) is 10.0. The van der Waals surface area contributed by atoms with Crippen molar-refractivity contribution < 1.29 is 9.59 Å². The maximum atomic E-state index is 12.6. The van der Waals surface area contributed by atoms with Crippen LogP contribution in [0.5, 0.6) is 0 Å². The van der Waals surface area contributed by atoms with Crippen LogP contribution in [0.1, 0.15) is 27.3 Å². The predicted octanol–water partition coefficient (Wildman–Crippen LogP) is 1.46. The van der Waals surface area contributed by atoms with E-state index in [4.69, 9.17) is 0 Å². The first-order valence-electron chi connectivity index (χ1n) is 8.32. The largest absolute Gasteiger partial charge is 0.341 e. The number of hydrogen-bond donors (Lipinski definition) is 2. The van der Waals surface area contributed by atoms with Crippen molar-refractivity contribution in [3.05, 3.63) is 40.4 Å². The molecule has 0 radical (unpaired) electrons. The second-order valence-electron chi connectivity index (χ2n) is 5.96. The van der Waals surface area contributed by atoms with E-state index in [1.54, 1.807) is 6.92 Å². The molecule has 0 aliphatic carbocycles. The highest BCUT2D eigenvalue weighted by atomic mass is 32.1. The van der Waals surface area contributed by atoms with Gasteiger partial charge in [0, 0.05) is 25.3 Å². The van der Waals surface area contributed by atoms with Crippen molar-refractivity contribution in [2.24, 2.45) is 0 Å². The number of amides is 2. The lowest BCUT2D eigenvalue weighted by molar-refractivity contribution is -0.130. The summed E-state index contributed by atoms with van der Waals surface area (Å²) in [6.45, 7) is 5.01. The van der Waals surface area contributed by atoms with Gasteiger partial charge in [0.15, 0.2) is 0 Å². The van der Waals surface area contributed by atoms with Crippen LogP contribution in [0.2, 0.25) is 0 Å². The number of hydrogen-bond acceptors (Lipinski definition) is 6. The molecule has 8 heteroatoms. The Morgan fingerprint density at radius 3 is 2.92 bits per heavy atom. The Morgan fingerprint density at radius 1 is 1.28 bits per heavy atom. The van der Waals surface area contributed by atoms with Gasteiger partial charge in [-0.25, -0.2) is 0 Å². The van der Waals surface area contributed by atoms with Crippen molar-refractivity contribution in [1.82, 2.24) is 19.8 Å². The number of anilines is 1. The van der Waals surface area contributed by atoms with E-state index in [1.165, 1.54) is 0 Å². The number of nitrogens with one attached hydrogen (secondary N) is 2. The average molecular weight is 359 g/mol. The summed E-state index contributed by atoms with van der Waals surface area (Å²) in [7, 11) is 0. The quantitative estimate of drug-likeness (QED) is 0.863. The molecule has 1 saturated heterocycles. The number of rotatable bonds is 4. The molecule has 7 nitrogen and oxygen atoms in total. The summed E-state index contributed by atoms with van der Waals surface area (Å²) in [5.41, 5.74) is 2.07. The fourth-order valence-electron chi connectivity index (χ4n) is 2.79. The molecule has 132 valence electrons. The van der Waals surface area contributed by atoms with Gasteiger partial charge in [-0.05, 0) is 43.1 Å². The molecule has 0 bridgehead atoms. The zero-order valence-corrected chi connectivity index (χ0v) is 14.9. The minimum Gasteiger partial charge on any atom is -0.341 e. The number of nitrogens with zero attached hydrogens (tertiary/aromatic N) is 3. The maximum absolute atomic E-state index is 12.6. The third-order valence-electron chi connectivity index (χ3n) is 4.16. The van der Waals surface area contributed by atoms with E-state index in [2.05, 4.69) is 20.2 Å². The molecule has 1 fully saturated rings. The van der Waals surface area contributed by atoms with Crippen molar-refractivity contribution in [2.45, 2.75) is 19.8 Å². The van der Waals surface area contributed by atoms with Crippen LogP contribution < -0.4 is 10.6 Å². The third-order valence-corrected chi connectivity index (χ3v) is 4.98. The lowest BCUT2D eigenvalue weighted by atomic mass is 10.1. The Morgan fingerprint density at radius 2 is 2.12 bits per heavy atom. The van der Waals surface area contributed by atoms with Gasteiger partial charge in [0.1, 0.15) is 4.88 Å². The Kier molecular flexibility index (Phi) is 5.72. The summed E-state index contributed by atoms with van der Waals surface area (Å²) in [6, 6.07) is 7.41. The number of carbonyl (C=O) groups excluding carboxylic acids is 2. The second-order valence-corrected chi connectivity index (χ2v) is 6.71.